The van der Waals surface area contributed by atoms with Crippen molar-refractivity contribution < 1.29 is 4.79 Å². The second-order valence-electron chi connectivity index (χ2n) is 3.97. The Balaban J connectivity index is 2.44. The number of nitrogens with zero attached hydrogens (tertiary/aromatic N) is 1. The number of amides is 1. The molecule has 0 saturated heterocycles. The number of guanidine groups is 1. The van der Waals surface area contributed by atoms with Gasteiger partial charge in [-0.05, 0) is 24.6 Å². The number of nitrogens with one attached hydrogen (secondary N) is 2. The van der Waals surface area contributed by atoms with Gasteiger partial charge in [0.05, 0.1) is 11.8 Å². The van der Waals surface area contributed by atoms with Crippen LogP contribution in [-0.4, -0.2) is 22.8 Å². The lowest BCUT2D eigenvalue weighted by molar-refractivity contribution is -0.119. The largest absolute Gasteiger partial charge is 0.370 e. The molecule has 108 valence electrons. The van der Waals surface area contributed by atoms with E-state index in [2.05, 4.69) is 26.2 Å². The van der Waals surface area contributed by atoms with Crippen molar-refractivity contribution in [2.45, 2.75) is 13.0 Å². The van der Waals surface area contributed by atoms with Gasteiger partial charge in [-0.1, -0.05) is 39.8 Å². The van der Waals surface area contributed by atoms with Crippen molar-refractivity contribution in [2.75, 3.05) is 5.75 Å². The summed E-state index contributed by atoms with van der Waals surface area (Å²) in [5, 5.41) is 10.2. The molecule has 0 bridgehead atoms. The van der Waals surface area contributed by atoms with Crippen molar-refractivity contribution in [3.63, 3.8) is 0 Å². The van der Waals surface area contributed by atoms with Crippen LogP contribution in [0.5, 0.6) is 0 Å². The summed E-state index contributed by atoms with van der Waals surface area (Å²) in [6.45, 7) is 1.90. The van der Waals surface area contributed by atoms with Gasteiger partial charge in [-0.15, -0.1) is 0 Å². The molecule has 1 atom stereocenters. The number of amidine groups is 1. The van der Waals surface area contributed by atoms with Gasteiger partial charge in [-0.25, -0.2) is 0 Å². The Hall–Kier alpha value is -1.54. The van der Waals surface area contributed by atoms with Crippen molar-refractivity contribution in [1.82, 2.24) is 5.32 Å². The van der Waals surface area contributed by atoms with E-state index >= 15 is 0 Å². The average Bonchev–Trinajstić information content (AvgIpc) is 2.36. The fraction of sp³-hybridized carbons (Fsp3) is 0.250. The molecule has 0 aliphatic rings. The topological polar surface area (TPSA) is 117 Å². The predicted molar refractivity (Wildman–Crippen MR) is 86.7 cm³/mol. The number of thioether (sulfide) groups is 1. The van der Waals surface area contributed by atoms with Crippen LogP contribution in [0.4, 0.5) is 0 Å². The first-order valence-electron chi connectivity index (χ1n) is 5.74. The second-order valence-corrected chi connectivity index (χ2v) is 5.85. The molecule has 0 fully saturated rings. The molecule has 0 aliphatic carbocycles. The first-order chi connectivity index (χ1) is 9.38. The molecule has 1 rings (SSSR count). The van der Waals surface area contributed by atoms with E-state index in [1.54, 1.807) is 0 Å². The minimum atomic E-state index is -0.189. The standard InChI is InChI=1S/C12H16BrN5OS/c1-7(8-2-4-9(13)5-3-8)17-10(19)6-20-12(16)18-11(14)15/h2-5,7H,6H2,1H3,(H,17,19)(H5,14,15,16,18). The number of hydrogen-bond acceptors (Lipinski definition) is 3. The molecule has 8 heteroatoms. The van der Waals surface area contributed by atoms with Crippen LogP contribution in [0.2, 0.25) is 0 Å². The summed E-state index contributed by atoms with van der Waals surface area (Å²) >= 11 is 4.33. The van der Waals surface area contributed by atoms with Gasteiger partial charge in [-0.3, -0.25) is 10.2 Å². The van der Waals surface area contributed by atoms with E-state index in [9.17, 15) is 4.79 Å². The molecule has 6 N–H and O–H groups in total. The summed E-state index contributed by atoms with van der Waals surface area (Å²) in [4.78, 5) is 15.3. The highest BCUT2D eigenvalue weighted by atomic mass is 79.9. The summed E-state index contributed by atoms with van der Waals surface area (Å²) in [6, 6.07) is 7.60. The van der Waals surface area contributed by atoms with Crippen molar-refractivity contribution in [2.24, 2.45) is 16.5 Å². The Bertz CT molecular complexity index is 513. The second kappa shape index (κ2) is 7.91. The van der Waals surface area contributed by atoms with Gasteiger partial charge in [0, 0.05) is 4.47 Å². The monoisotopic (exact) mass is 357 g/mol. The molecule has 1 aromatic carbocycles. The van der Waals surface area contributed by atoms with Crippen LogP contribution in [-0.2, 0) is 4.79 Å². The Labute approximate surface area is 130 Å². The SMILES string of the molecule is CC(NC(=O)CSC(=N)N=C(N)N)c1ccc(Br)cc1. The lowest BCUT2D eigenvalue weighted by Gasteiger charge is -2.14. The molecule has 0 radical (unpaired) electrons. The van der Waals surface area contributed by atoms with E-state index in [1.165, 1.54) is 0 Å². The van der Waals surface area contributed by atoms with E-state index in [-0.39, 0.29) is 28.8 Å². The third-order valence-electron chi connectivity index (χ3n) is 2.32. The van der Waals surface area contributed by atoms with E-state index in [0.717, 1.165) is 21.8 Å². The molecular formula is C12H16BrN5OS. The Morgan fingerprint density at radius 3 is 2.60 bits per heavy atom. The average molecular weight is 358 g/mol. The van der Waals surface area contributed by atoms with Crippen LogP contribution in [0, 0.1) is 5.41 Å². The van der Waals surface area contributed by atoms with Crippen molar-refractivity contribution in [1.29, 1.82) is 5.41 Å². The number of benzene rings is 1. The Morgan fingerprint density at radius 2 is 2.05 bits per heavy atom. The molecule has 0 aromatic heterocycles. The third-order valence-corrected chi connectivity index (χ3v) is 3.62. The highest BCUT2D eigenvalue weighted by molar-refractivity contribution is 9.10. The van der Waals surface area contributed by atoms with Crippen LogP contribution in [0.15, 0.2) is 33.7 Å². The number of carbonyl (C=O) groups excluding carboxylic acids is 1. The summed E-state index contributed by atoms with van der Waals surface area (Å²) in [6.07, 6.45) is 0. The minimum Gasteiger partial charge on any atom is -0.370 e. The molecule has 1 amide bonds. The lowest BCUT2D eigenvalue weighted by Crippen LogP contribution is -2.29. The van der Waals surface area contributed by atoms with E-state index in [0.29, 0.717) is 0 Å². The number of hydrogen-bond donors (Lipinski definition) is 4. The maximum absolute atomic E-state index is 11.7. The molecule has 0 saturated carbocycles. The van der Waals surface area contributed by atoms with Crippen LogP contribution in [0.1, 0.15) is 18.5 Å². The van der Waals surface area contributed by atoms with Crippen molar-refractivity contribution >= 4 is 44.7 Å². The summed E-state index contributed by atoms with van der Waals surface area (Å²) in [5.74, 6) is -0.275. The smallest absolute Gasteiger partial charge is 0.230 e. The van der Waals surface area contributed by atoms with Crippen LogP contribution >= 0.6 is 27.7 Å². The number of rotatable bonds is 4. The molecule has 6 nitrogen and oxygen atoms in total. The first kappa shape index (κ1) is 16.5. The summed E-state index contributed by atoms with van der Waals surface area (Å²) < 4.78 is 0.987. The summed E-state index contributed by atoms with van der Waals surface area (Å²) in [5.41, 5.74) is 11.3. The molecule has 1 aromatic rings. The van der Waals surface area contributed by atoms with Gasteiger partial charge in [0.1, 0.15) is 0 Å². The predicted octanol–water partition coefficient (Wildman–Crippen LogP) is 1.57. The van der Waals surface area contributed by atoms with Crippen LogP contribution in [0.3, 0.4) is 0 Å². The van der Waals surface area contributed by atoms with Crippen LogP contribution in [0.25, 0.3) is 0 Å². The number of carbonyl (C=O) groups is 1. The normalized spacial score (nSPS) is 11.5. The zero-order valence-corrected chi connectivity index (χ0v) is 13.3. The highest BCUT2D eigenvalue weighted by Crippen LogP contribution is 2.16. The maximum Gasteiger partial charge on any atom is 0.230 e. The number of halogens is 1. The van der Waals surface area contributed by atoms with Crippen molar-refractivity contribution in [3.05, 3.63) is 34.3 Å². The molecule has 0 heterocycles. The van der Waals surface area contributed by atoms with Gasteiger partial charge in [0.2, 0.25) is 5.91 Å². The lowest BCUT2D eigenvalue weighted by atomic mass is 10.1. The van der Waals surface area contributed by atoms with Crippen molar-refractivity contribution in [3.8, 4) is 0 Å². The fourth-order valence-corrected chi connectivity index (χ4v) is 2.19. The summed E-state index contributed by atoms with van der Waals surface area (Å²) in [7, 11) is 0. The third kappa shape index (κ3) is 6.07. The molecule has 0 aliphatic heterocycles. The van der Waals surface area contributed by atoms with Gasteiger partial charge >= 0.3 is 0 Å². The molecule has 1 unspecified atom stereocenters. The van der Waals surface area contributed by atoms with E-state index in [1.807, 2.05) is 31.2 Å². The zero-order chi connectivity index (χ0) is 15.1. The maximum atomic E-state index is 11.7. The van der Waals surface area contributed by atoms with Gasteiger partial charge < -0.3 is 16.8 Å². The molecule has 20 heavy (non-hydrogen) atoms. The van der Waals surface area contributed by atoms with E-state index in [4.69, 9.17) is 16.9 Å². The zero-order valence-electron chi connectivity index (χ0n) is 10.9. The quantitative estimate of drug-likeness (QED) is 0.483. The van der Waals surface area contributed by atoms with E-state index < -0.39 is 0 Å². The molecular weight excluding hydrogens is 342 g/mol. The van der Waals surface area contributed by atoms with Gasteiger partial charge in [0.25, 0.3) is 0 Å². The molecule has 0 spiro atoms. The highest BCUT2D eigenvalue weighted by Gasteiger charge is 2.10. The first-order valence-corrected chi connectivity index (χ1v) is 7.52. The van der Waals surface area contributed by atoms with Gasteiger partial charge in [0.15, 0.2) is 11.1 Å². The van der Waals surface area contributed by atoms with Gasteiger partial charge in [-0.2, -0.15) is 4.99 Å². The fourth-order valence-electron chi connectivity index (χ4n) is 1.40. The number of aliphatic imine (C=N–C) groups is 1. The Morgan fingerprint density at radius 1 is 1.45 bits per heavy atom. The minimum absolute atomic E-state index is 0.0866. The van der Waals surface area contributed by atoms with Crippen LogP contribution < -0.4 is 16.8 Å². The number of nitrogens with two attached hydrogens (primary N) is 2. The Kier molecular flexibility index (Phi) is 6.53.